The summed E-state index contributed by atoms with van der Waals surface area (Å²) in [5.74, 6) is -0.0203. The first-order valence-corrected chi connectivity index (χ1v) is 14.6. The molecule has 0 unspecified atom stereocenters. The molecule has 0 aliphatic heterocycles. The van der Waals surface area contributed by atoms with E-state index in [0.29, 0.717) is 6.42 Å². The number of rotatable bonds is 13. The predicted octanol–water partition coefficient (Wildman–Crippen LogP) is 6.41. The summed E-state index contributed by atoms with van der Waals surface area (Å²) in [5.41, 5.74) is 6.05. The molecule has 4 nitrogen and oxygen atoms in total. The highest BCUT2D eigenvalue weighted by atomic mass is 28.4. The van der Waals surface area contributed by atoms with Crippen molar-refractivity contribution in [2.24, 2.45) is 11.7 Å². The molecule has 5 heteroatoms. The SMILES string of the molecule is CC/C=C\C[C@@H](C/C=C1/C(=O)C=C[C@@H]1C/C=C\CCCC(N)=O)O[Si](C)(C)C(C)(C)C. The second-order valence-corrected chi connectivity index (χ2v) is 14.7. The van der Waals surface area contributed by atoms with Gasteiger partial charge in [-0.05, 0) is 62.7 Å². The molecule has 0 aromatic heterocycles. The molecule has 0 saturated heterocycles. The molecular weight excluding hydrogens is 402 g/mol. The molecule has 0 bridgehead atoms. The van der Waals surface area contributed by atoms with Crippen molar-refractivity contribution in [3.63, 3.8) is 0 Å². The first-order valence-electron chi connectivity index (χ1n) is 11.7. The number of ketones is 1. The standard InChI is InChI=1S/C26H43NO3Si/c1-7-8-11-15-22(30-31(5,6)26(2,3)4)18-19-23-21(17-20-24(23)28)14-12-9-10-13-16-25(27)29/h8-9,11-12,17,19-22H,7,10,13-16,18H2,1-6H3,(H2,27,29)/b11-8-,12-9-,23-19+/t21-,22-/m0/s1. The van der Waals surface area contributed by atoms with Gasteiger partial charge in [-0.15, -0.1) is 0 Å². The minimum absolute atomic E-state index is 0.0922. The van der Waals surface area contributed by atoms with E-state index in [9.17, 15) is 9.59 Å². The van der Waals surface area contributed by atoms with Gasteiger partial charge in [0, 0.05) is 17.9 Å². The Balaban J connectivity index is 2.79. The maximum atomic E-state index is 12.4. The van der Waals surface area contributed by atoms with E-state index in [2.05, 4.69) is 71.2 Å². The maximum absolute atomic E-state index is 12.4. The molecule has 1 amide bonds. The maximum Gasteiger partial charge on any atom is 0.217 e. The van der Waals surface area contributed by atoms with E-state index in [1.54, 1.807) is 6.08 Å². The number of primary amides is 1. The fraction of sp³-hybridized carbons (Fsp3) is 0.615. The summed E-state index contributed by atoms with van der Waals surface area (Å²) >= 11 is 0. The van der Waals surface area contributed by atoms with Crippen LogP contribution in [0.15, 0.2) is 48.1 Å². The summed E-state index contributed by atoms with van der Waals surface area (Å²) in [4.78, 5) is 23.2. The van der Waals surface area contributed by atoms with Gasteiger partial charge in [-0.2, -0.15) is 0 Å². The topological polar surface area (TPSA) is 69.4 Å². The smallest absolute Gasteiger partial charge is 0.217 e. The number of nitrogens with two attached hydrogens (primary N) is 1. The number of hydrogen-bond acceptors (Lipinski definition) is 3. The van der Waals surface area contributed by atoms with E-state index in [1.165, 1.54) is 0 Å². The van der Waals surface area contributed by atoms with E-state index in [4.69, 9.17) is 10.2 Å². The van der Waals surface area contributed by atoms with Crippen molar-refractivity contribution >= 4 is 20.0 Å². The van der Waals surface area contributed by atoms with E-state index < -0.39 is 8.32 Å². The molecule has 174 valence electrons. The number of amides is 1. The fourth-order valence-electron chi connectivity index (χ4n) is 3.26. The first-order chi connectivity index (χ1) is 14.5. The van der Waals surface area contributed by atoms with Gasteiger partial charge in [0.15, 0.2) is 14.1 Å². The summed E-state index contributed by atoms with van der Waals surface area (Å²) < 4.78 is 6.68. The zero-order chi connectivity index (χ0) is 23.5. The minimum Gasteiger partial charge on any atom is -0.413 e. The third-order valence-electron chi connectivity index (χ3n) is 6.18. The molecule has 0 aromatic rings. The second kappa shape index (κ2) is 13.0. The van der Waals surface area contributed by atoms with Gasteiger partial charge >= 0.3 is 0 Å². The lowest BCUT2D eigenvalue weighted by Crippen LogP contribution is -2.43. The molecule has 0 spiro atoms. The van der Waals surface area contributed by atoms with Crippen LogP contribution in [-0.2, 0) is 14.0 Å². The first kappa shape index (κ1) is 27.3. The van der Waals surface area contributed by atoms with Gasteiger partial charge in [0.1, 0.15) is 0 Å². The van der Waals surface area contributed by atoms with Crippen molar-refractivity contribution in [2.45, 2.75) is 96.9 Å². The second-order valence-electron chi connectivity index (χ2n) is 9.91. The zero-order valence-electron chi connectivity index (χ0n) is 20.4. The molecule has 1 rings (SSSR count). The molecule has 31 heavy (non-hydrogen) atoms. The largest absolute Gasteiger partial charge is 0.413 e. The van der Waals surface area contributed by atoms with Crippen molar-refractivity contribution in [2.75, 3.05) is 0 Å². The lowest BCUT2D eigenvalue weighted by Gasteiger charge is -2.39. The third-order valence-corrected chi connectivity index (χ3v) is 10.7. The Morgan fingerprint density at radius 1 is 1.19 bits per heavy atom. The van der Waals surface area contributed by atoms with Crippen molar-refractivity contribution in [3.8, 4) is 0 Å². The highest BCUT2D eigenvalue weighted by Crippen LogP contribution is 2.38. The summed E-state index contributed by atoms with van der Waals surface area (Å²) in [5, 5.41) is 0.152. The normalized spacial score (nSPS) is 19.9. The number of carbonyl (C=O) groups is 2. The Kier molecular flexibility index (Phi) is 11.4. The molecule has 0 heterocycles. The summed E-state index contributed by atoms with van der Waals surface area (Å²) in [6.07, 6.45) is 19.9. The number of unbranched alkanes of at least 4 members (excludes halogenated alkanes) is 1. The van der Waals surface area contributed by atoms with Crippen LogP contribution in [0.3, 0.4) is 0 Å². The Bertz CT molecular complexity index is 711. The van der Waals surface area contributed by atoms with Gasteiger partial charge in [-0.1, -0.05) is 64.2 Å². The van der Waals surface area contributed by atoms with Gasteiger partial charge in [0.2, 0.25) is 5.91 Å². The van der Waals surface area contributed by atoms with Crippen LogP contribution in [0.5, 0.6) is 0 Å². The molecule has 1 aliphatic rings. The van der Waals surface area contributed by atoms with Crippen LogP contribution in [-0.4, -0.2) is 26.1 Å². The summed E-state index contributed by atoms with van der Waals surface area (Å²) in [6.45, 7) is 13.5. The Morgan fingerprint density at radius 3 is 2.52 bits per heavy atom. The lowest BCUT2D eigenvalue weighted by atomic mass is 9.96. The van der Waals surface area contributed by atoms with Crippen molar-refractivity contribution in [1.29, 1.82) is 0 Å². The molecule has 0 fully saturated rings. The fourth-order valence-corrected chi connectivity index (χ4v) is 4.64. The highest BCUT2D eigenvalue weighted by Gasteiger charge is 2.38. The van der Waals surface area contributed by atoms with Crippen LogP contribution in [0.25, 0.3) is 0 Å². The van der Waals surface area contributed by atoms with Crippen molar-refractivity contribution in [3.05, 3.63) is 48.1 Å². The van der Waals surface area contributed by atoms with Gasteiger partial charge in [0.05, 0.1) is 6.10 Å². The lowest BCUT2D eigenvalue weighted by molar-refractivity contribution is -0.118. The average molecular weight is 446 g/mol. The number of hydrogen-bond donors (Lipinski definition) is 1. The van der Waals surface area contributed by atoms with Gasteiger partial charge in [0.25, 0.3) is 0 Å². The Labute approximate surface area is 190 Å². The minimum atomic E-state index is -1.89. The van der Waals surface area contributed by atoms with E-state index in [-0.39, 0.29) is 28.8 Å². The Hall–Kier alpha value is -1.72. The van der Waals surface area contributed by atoms with Crippen molar-refractivity contribution < 1.29 is 14.0 Å². The third kappa shape index (κ3) is 9.96. The predicted molar refractivity (Wildman–Crippen MR) is 133 cm³/mol. The van der Waals surface area contributed by atoms with Crippen LogP contribution in [0.4, 0.5) is 0 Å². The highest BCUT2D eigenvalue weighted by molar-refractivity contribution is 6.74. The van der Waals surface area contributed by atoms with Crippen LogP contribution in [0.2, 0.25) is 18.1 Å². The molecule has 1 aliphatic carbocycles. The van der Waals surface area contributed by atoms with E-state index in [0.717, 1.165) is 44.1 Å². The summed E-state index contributed by atoms with van der Waals surface area (Å²) in [6, 6.07) is 0. The number of carbonyl (C=O) groups excluding carboxylic acids is 2. The van der Waals surface area contributed by atoms with Crippen molar-refractivity contribution in [1.82, 2.24) is 0 Å². The molecular formula is C26H43NO3Si. The number of allylic oxidation sites excluding steroid dienone is 6. The van der Waals surface area contributed by atoms with Crippen LogP contribution < -0.4 is 5.73 Å². The molecule has 2 atom stereocenters. The van der Waals surface area contributed by atoms with Crippen LogP contribution in [0.1, 0.15) is 72.6 Å². The quantitative estimate of drug-likeness (QED) is 0.154. The monoisotopic (exact) mass is 445 g/mol. The Morgan fingerprint density at radius 2 is 1.90 bits per heavy atom. The molecule has 0 saturated carbocycles. The van der Waals surface area contributed by atoms with Crippen LogP contribution >= 0.6 is 0 Å². The molecule has 2 N–H and O–H groups in total. The van der Waals surface area contributed by atoms with E-state index >= 15 is 0 Å². The van der Waals surface area contributed by atoms with Gasteiger partial charge in [-0.25, -0.2) is 0 Å². The average Bonchev–Trinajstić information content (AvgIpc) is 3.01. The van der Waals surface area contributed by atoms with Gasteiger partial charge < -0.3 is 10.2 Å². The summed E-state index contributed by atoms with van der Waals surface area (Å²) in [7, 11) is -1.89. The van der Waals surface area contributed by atoms with Crippen LogP contribution in [0, 0.1) is 5.92 Å². The molecule has 0 aromatic carbocycles. The zero-order valence-corrected chi connectivity index (χ0v) is 21.4. The van der Waals surface area contributed by atoms with E-state index in [1.807, 2.05) is 6.08 Å². The van der Waals surface area contributed by atoms with Gasteiger partial charge in [-0.3, -0.25) is 9.59 Å². The molecule has 0 radical (unpaired) electrons.